The normalized spacial score (nSPS) is 24.4. The summed E-state index contributed by atoms with van der Waals surface area (Å²) in [5, 5.41) is 4.29. The molecule has 1 aliphatic heterocycles. The zero-order valence-corrected chi connectivity index (χ0v) is 8.88. The first-order chi connectivity index (χ1) is 6.85. The first-order valence-electron chi connectivity index (χ1n) is 4.47. The Bertz CT molecular complexity index is 372. The number of ether oxygens (including phenoxy) is 1. The maximum atomic E-state index is 5.19. The van der Waals surface area contributed by atoms with Crippen LogP contribution in [0.4, 0.5) is 0 Å². The number of methoxy groups -OCH3 is 1. The molecule has 0 amide bonds. The van der Waals surface area contributed by atoms with E-state index in [1.807, 2.05) is 12.2 Å². The zero-order chi connectivity index (χ0) is 9.97. The van der Waals surface area contributed by atoms with Gasteiger partial charge >= 0.3 is 0 Å². The van der Waals surface area contributed by atoms with Gasteiger partial charge in [0.05, 0.1) is 7.11 Å². The number of hydrogen-bond acceptors (Lipinski definition) is 2. The van der Waals surface area contributed by atoms with Gasteiger partial charge in [0.25, 0.3) is 0 Å². The Kier molecular flexibility index (Phi) is 2.64. The highest BCUT2D eigenvalue weighted by Crippen LogP contribution is 2.36. The van der Waals surface area contributed by atoms with E-state index in [0.29, 0.717) is 5.92 Å². The van der Waals surface area contributed by atoms with Crippen LogP contribution in [-0.2, 0) is 4.74 Å². The summed E-state index contributed by atoms with van der Waals surface area (Å²) in [4.78, 5) is 0. The number of rotatable bonds is 2. The van der Waals surface area contributed by atoms with Gasteiger partial charge in [-0.15, -0.1) is 11.8 Å². The average Bonchev–Trinajstić information content (AvgIpc) is 2.27. The van der Waals surface area contributed by atoms with Crippen LogP contribution in [0.5, 0.6) is 0 Å². The topological polar surface area (TPSA) is 9.23 Å². The molecule has 2 rings (SSSR count). The Morgan fingerprint density at radius 2 is 2.36 bits per heavy atom. The lowest BCUT2D eigenvalue weighted by Crippen LogP contribution is -2.08. The van der Waals surface area contributed by atoms with Crippen molar-refractivity contribution in [2.24, 2.45) is 5.92 Å². The standard InChI is InChI=1S/C12H12OS/c1-3-9-7-14-8-10-6-11(13-2)4-5-12(9)10/h3-8,12H,1H2,2H3. The summed E-state index contributed by atoms with van der Waals surface area (Å²) in [6.45, 7) is 3.82. The predicted octanol–water partition coefficient (Wildman–Crippen LogP) is 3.40. The van der Waals surface area contributed by atoms with Crippen LogP contribution in [0.15, 0.2) is 58.6 Å². The lowest BCUT2D eigenvalue weighted by molar-refractivity contribution is 0.305. The maximum absolute atomic E-state index is 5.19. The highest BCUT2D eigenvalue weighted by Gasteiger charge is 2.19. The Hall–Kier alpha value is -1.15. The molecule has 0 saturated heterocycles. The molecule has 1 aliphatic carbocycles. The highest BCUT2D eigenvalue weighted by atomic mass is 32.2. The number of hydrogen-bond donors (Lipinski definition) is 0. The summed E-state index contributed by atoms with van der Waals surface area (Å²) in [7, 11) is 1.69. The third kappa shape index (κ3) is 1.58. The van der Waals surface area contributed by atoms with E-state index in [0.717, 1.165) is 5.76 Å². The van der Waals surface area contributed by atoms with E-state index in [2.05, 4.69) is 29.5 Å². The molecule has 0 aromatic rings. The second-order valence-corrected chi connectivity index (χ2v) is 3.91. The van der Waals surface area contributed by atoms with Crippen molar-refractivity contribution >= 4 is 11.8 Å². The maximum Gasteiger partial charge on any atom is 0.118 e. The Balaban J connectivity index is 2.30. The van der Waals surface area contributed by atoms with E-state index in [9.17, 15) is 0 Å². The second kappa shape index (κ2) is 3.93. The predicted molar refractivity (Wildman–Crippen MR) is 61.7 cm³/mol. The Morgan fingerprint density at radius 1 is 1.50 bits per heavy atom. The van der Waals surface area contributed by atoms with Crippen molar-refractivity contribution in [2.45, 2.75) is 0 Å². The summed E-state index contributed by atoms with van der Waals surface area (Å²) in [6, 6.07) is 0. The van der Waals surface area contributed by atoms with Crippen molar-refractivity contribution in [1.82, 2.24) is 0 Å². The van der Waals surface area contributed by atoms with Crippen LogP contribution in [0, 0.1) is 5.92 Å². The summed E-state index contributed by atoms with van der Waals surface area (Å²) < 4.78 is 5.19. The van der Waals surface area contributed by atoms with Gasteiger partial charge in [-0.1, -0.05) is 18.7 Å². The molecule has 0 spiro atoms. The summed E-state index contributed by atoms with van der Waals surface area (Å²) in [5.41, 5.74) is 2.54. The number of fused-ring (bicyclic) bond motifs is 1. The average molecular weight is 204 g/mol. The van der Waals surface area contributed by atoms with Gasteiger partial charge in [-0.05, 0) is 34.1 Å². The first kappa shape index (κ1) is 9.41. The fourth-order valence-electron chi connectivity index (χ4n) is 1.58. The minimum Gasteiger partial charge on any atom is -0.497 e. The van der Waals surface area contributed by atoms with Crippen molar-refractivity contribution in [2.75, 3.05) is 7.11 Å². The van der Waals surface area contributed by atoms with Crippen molar-refractivity contribution in [3.05, 3.63) is 58.6 Å². The van der Waals surface area contributed by atoms with E-state index in [1.54, 1.807) is 18.9 Å². The third-order valence-electron chi connectivity index (χ3n) is 2.36. The van der Waals surface area contributed by atoms with Crippen LogP contribution in [-0.4, -0.2) is 7.11 Å². The monoisotopic (exact) mass is 204 g/mol. The molecule has 0 aromatic carbocycles. The summed E-state index contributed by atoms with van der Waals surface area (Å²) >= 11 is 1.70. The molecule has 1 heterocycles. The number of allylic oxidation sites excluding steroid dienone is 6. The minimum absolute atomic E-state index is 0.368. The molecular weight excluding hydrogens is 192 g/mol. The van der Waals surface area contributed by atoms with Gasteiger partial charge in [0.2, 0.25) is 0 Å². The van der Waals surface area contributed by atoms with Crippen LogP contribution in [0.25, 0.3) is 0 Å². The molecule has 72 valence electrons. The van der Waals surface area contributed by atoms with Crippen molar-refractivity contribution in [1.29, 1.82) is 0 Å². The summed E-state index contributed by atoms with van der Waals surface area (Å²) in [5.74, 6) is 1.28. The van der Waals surface area contributed by atoms with Crippen molar-refractivity contribution < 1.29 is 4.74 Å². The van der Waals surface area contributed by atoms with Gasteiger partial charge in [-0.2, -0.15) is 0 Å². The van der Waals surface area contributed by atoms with E-state index in [-0.39, 0.29) is 0 Å². The fourth-order valence-corrected chi connectivity index (χ4v) is 2.42. The van der Waals surface area contributed by atoms with Crippen LogP contribution in [0.3, 0.4) is 0 Å². The molecule has 1 atom stereocenters. The molecule has 0 bridgehead atoms. The molecule has 1 unspecified atom stereocenters. The van der Waals surface area contributed by atoms with Crippen LogP contribution in [0.2, 0.25) is 0 Å². The van der Waals surface area contributed by atoms with Gasteiger partial charge < -0.3 is 4.74 Å². The summed E-state index contributed by atoms with van der Waals surface area (Å²) in [6.07, 6.45) is 8.15. The molecule has 1 nitrogen and oxygen atoms in total. The van der Waals surface area contributed by atoms with Crippen molar-refractivity contribution in [3.63, 3.8) is 0 Å². The van der Waals surface area contributed by atoms with Crippen LogP contribution < -0.4 is 0 Å². The van der Waals surface area contributed by atoms with Gasteiger partial charge in [0, 0.05) is 5.92 Å². The van der Waals surface area contributed by atoms with Crippen molar-refractivity contribution in [3.8, 4) is 0 Å². The molecule has 2 aliphatic rings. The van der Waals surface area contributed by atoms with E-state index >= 15 is 0 Å². The highest BCUT2D eigenvalue weighted by molar-refractivity contribution is 8.05. The van der Waals surface area contributed by atoms with Gasteiger partial charge in [-0.3, -0.25) is 0 Å². The molecule has 0 fully saturated rings. The van der Waals surface area contributed by atoms with Gasteiger partial charge in [-0.25, -0.2) is 0 Å². The molecule has 2 heteroatoms. The van der Waals surface area contributed by atoms with Gasteiger partial charge in [0.1, 0.15) is 5.76 Å². The molecule has 0 radical (unpaired) electrons. The zero-order valence-electron chi connectivity index (χ0n) is 8.07. The smallest absolute Gasteiger partial charge is 0.118 e. The first-order valence-corrected chi connectivity index (χ1v) is 5.41. The second-order valence-electron chi connectivity index (χ2n) is 3.16. The fraction of sp³-hybridized carbons (Fsp3) is 0.167. The molecule has 0 aromatic heterocycles. The van der Waals surface area contributed by atoms with E-state index < -0.39 is 0 Å². The minimum atomic E-state index is 0.368. The molecule has 0 N–H and O–H groups in total. The van der Waals surface area contributed by atoms with Crippen LogP contribution >= 0.6 is 11.8 Å². The molecule has 14 heavy (non-hydrogen) atoms. The van der Waals surface area contributed by atoms with Crippen LogP contribution in [0.1, 0.15) is 0 Å². The third-order valence-corrected chi connectivity index (χ3v) is 3.18. The lowest BCUT2D eigenvalue weighted by Gasteiger charge is -2.22. The van der Waals surface area contributed by atoms with E-state index in [1.165, 1.54) is 11.1 Å². The molecular formula is C12H12OS. The van der Waals surface area contributed by atoms with Gasteiger partial charge in [0.15, 0.2) is 0 Å². The Labute approximate surface area is 88.5 Å². The quantitative estimate of drug-likeness (QED) is 0.681. The van der Waals surface area contributed by atoms with E-state index in [4.69, 9.17) is 4.74 Å². The Morgan fingerprint density at radius 3 is 3.07 bits per heavy atom. The number of thioether (sulfide) groups is 1. The largest absolute Gasteiger partial charge is 0.497 e. The lowest BCUT2D eigenvalue weighted by atomic mass is 9.88. The molecule has 0 saturated carbocycles. The SMILES string of the molecule is C=CC1=CSC=C2C=C(OC)C=CC12.